The standard InChI is InChI=1S/C16H22N2O4.C4H8O/c17-8-11-3-1-2-6-16(11,9-18)13-5-4-10(14(19)20)7-12(13)15(21)22;1-2-4-5-3-1/h4-5,7,11H,1-3,6,8-9,17-18H2,(H,19,20)(H,21,22);1-4H2. The van der Waals surface area contributed by atoms with Crippen LogP contribution in [0.4, 0.5) is 0 Å². The highest BCUT2D eigenvalue weighted by Crippen LogP contribution is 2.44. The van der Waals surface area contributed by atoms with Gasteiger partial charge in [0.1, 0.15) is 0 Å². The van der Waals surface area contributed by atoms with Crippen LogP contribution in [-0.4, -0.2) is 48.5 Å². The number of carbonyl (C=O) groups is 2. The largest absolute Gasteiger partial charge is 0.478 e. The van der Waals surface area contributed by atoms with E-state index in [4.69, 9.17) is 21.3 Å². The van der Waals surface area contributed by atoms with Crippen molar-refractivity contribution in [3.05, 3.63) is 34.9 Å². The number of benzene rings is 1. The van der Waals surface area contributed by atoms with Gasteiger partial charge in [-0.2, -0.15) is 0 Å². The maximum absolute atomic E-state index is 11.6. The van der Waals surface area contributed by atoms with Crippen LogP contribution in [0.15, 0.2) is 18.2 Å². The van der Waals surface area contributed by atoms with Crippen molar-refractivity contribution in [2.45, 2.75) is 43.9 Å². The molecule has 0 spiro atoms. The molecular weight excluding hydrogens is 348 g/mol. The highest BCUT2D eigenvalue weighted by atomic mass is 16.5. The number of hydrogen-bond acceptors (Lipinski definition) is 5. The van der Waals surface area contributed by atoms with Crippen molar-refractivity contribution in [1.82, 2.24) is 0 Å². The normalized spacial score (nSPS) is 24.7. The van der Waals surface area contributed by atoms with Crippen molar-refractivity contribution in [1.29, 1.82) is 0 Å². The van der Waals surface area contributed by atoms with Gasteiger partial charge >= 0.3 is 11.9 Å². The highest BCUT2D eigenvalue weighted by molar-refractivity contribution is 5.95. The summed E-state index contributed by atoms with van der Waals surface area (Å²) < 4.78 is 4.94. The summed E-state index contributed by atoms with van der Waals surface area (Å²) in [6, 6.07) is 4.27. The number of rotatable bonds is 5. The molecule has 1 aliphatic carbocycles. The van der Waals surface area contributed by atoms with Gasteiger partial charge in [0.15, 0.2) is 0 Å². The monoisotopic (exact) mass is 378 g/mol. The highest BCUT2D eigenvalue weighted by Gasteiger charge is 2.42. The molecule has 6 N–H and O–H groups in total. The molecule has 0 amide bonds. The van der Waals surface area contributed by atoms with E-state index in [-0.39, 0.29) is 17.0 Å². The summed E-state index contributed by atoms with van der Waals surface area (Å²) in [7, 11) is 0. The zero-order valence-electron chi connectivity index (χ0n) is 15.7. The van der Waals surface area contributed by atoms with E-state index >= 15 is 0 Å². The molecule has 0 aromatic heterocycles. The Morgan fingerprint density at radius 2 is 1.78 bits per heavy atom. The second-order valence-electron chi connectivity index (χ2n) is 7.23. The van der Waals surface area contributed by atoms with E-state index in [9.17, 15) is 14.7 Å². The van der Waals surface area contributed by atoms with E-state index in [0.717, 1.165) is 38.9 Å². The van der Waals surface area contributed by atoms with E-state index in [2.05, 4.69) is 0 Å². The van der Waals surface area contributed by atoms with Crippen molar-refractivity contribution < 1.29 is 24.5 Å². The quantitative estimate of drug-likeness (QED) is 0.617. The predicted molar refractivity (Wildman–Crippen MR) is 102 cm³/mol. The number of carboxylic acids is 2. The predicted octanol–water partition coefficient (Wildman–Crippen LogP) is 2.23. The molecule has 0 radical (unpaired) electrons. The zero-order chi connectivity index (χ0) is 19.9. The van der Waals surface area contributed by atoms with Gasteiger partial charge in [0.2, 0.25) is 0 Å². The van der Waals surface area contributed by atoms with Gasteiger partial charge in [0, 0.05) is 25.2 Å². The van der Waals surface area contributed by atoms with Crippen LogP contribution >= 0.6 is 0 Å². The lowest BCUT2D eigenvalue weighted by molar-refractivity contribution is 0.0690. The molecule has 1 aliphatic heterocycles. The summed E-state index contributed by atoms with van der Waals surface area (Å²) in [6.07, 6.45) is 6.26. The van der Waals surface area contributed by atoms with Gasteiger partial charge in [-0.25, -0.2) is 9.59 Å². The Kier molecular flexibility index (Phi) is 7.77. The average Bonchev–Trinajstić information content (AvgIpc) is 3.27. The summed E-state index contributed by atoms with van der Waals surface area (Å²) in [4.78, 5) is 22.7. The first-order valence-electron chi connectivity index (χ1n) is 9.55. The minimum absolute atomic E-state index is 0.0192. The molecule has 0 bridgehead atoms. The fourth-order valence-corrected chi connectivity index (χ4v) is 4.19. The van der Waals surface area contributed by atoms with Crippen LogP contribution in [0.2, 0.25) is 0 Å². The first-order valence-corrected chi connectivity index (χ1v) is 9.55. The summed E-state index contributed by atoms with van der Waals surface area (Å²) in [6.45, 7) is 2.75. The fourth-order valence-electron chi connectivity index (χ4n) is 4.19. The molecule has 1 saturated heterocycles. The Hall–Kier alpha value is -1.96. The lowest BCUT2D eigenvalue weighted by Crippen LogP contribution is -2.48. The third-order valence-electron chi connectivity index (χ3n) is 5.72. The van der Waals surface area contributed by atoms with Gasteiger partial charge < -0.3 is 26.4 Å². The van der Waals surface area contributed by atoms with E-state index in [0.29, 0.717) is 18.7 Å². The van der Waals surface area contributed by atoms with E-state index in [1.165, 1.54) is 25.0 Å². The molecule has 2 atom stereocenters. The SMILES string of the molecule is C1CCOC1.NCC1CCCCC1(CN)c1ccc(C(=O)O)cc1C(=O)O. The van der Waals surface area contributed by atoms with Gasteiger partial charge in [0.05, 0.1) is 11.1 Å². The second-order valence-corrected chi connectivity index (χ2v) is 7.23. The molecular formula is C20H30N2O5. The third-order valence-corrected chi connectivity index (χ3v) is 5.72. The smallest absolute Gasteiger partial charge is 0.336 e. The molecule has 7 heteroatoms. The van der Waals surface area contributed by atoms with Gasteiger partial charge in [-0.15, -0.1) is 0 Å². The van der Waals surface area contributed by atoms with Gasteiger partial charge in [0.25, 0.3) is 0 Å². The molecule has 1 heterocycles. The molecule has 2 aliphatic rings. The lowest BCUT2D eigenvalue weighted by atomic mass is 9.61. The van der Waals surface area contributed by atoms with E-state index in [1.807, 2.05) is 0 Å². The van der Waals surface area contributed by atoms with Crippen molar-refractivity contribution in [3.8, 4) is 0 Å². The minimum atomic E-state index is -1.14. The topological polar surface area (TPSA) is 136 Å². The summed E-state index contributed by atoms with van der Waals surface area (Å²) in [5.74, 6) is -2.16. The van der Waals surface area contributed by atoms with Crippen LogP contribution in [0.5, 0.6) is 0 Å². The molecule has 1 aromatic carbocycles. The Labute approximate surface area is 159 Å². The first-order chi connectivity index (χ1) is 13.0. The molecule has 1 aromatic rings. The number of nitrogens with two attached hydrogens (primary N) is 2. The number of aromatic carboxylic acids is 2. The molecule has 27 heavy (non-hydrogen) atoms. The Morgan fingerprint density at radius 3 is 2.26 bits per heavy atom. The molecule has 1 saturated carbocycles. The van der Waals surface area contributed by atoms with Crippen LogP contribution in [-0.2, 0) is 10.2 Å². The zero-order valence-corrected chi connectivity index (χ0v) is 15.7. The lowest BCUT2D eigenvalue weighted by Gasteiger charge is -2.44. The van der Waals surface area contributed by atoms with Crippen LogP contribution in [0.1, 0.15) is 64.8 Å². The summed E-state index contributed by atoms with van der Waals surface area (Å²) in [5.41, 5.74) is 12.0. The molecule has 7 nitrogen and oxygen atoms in total. The van der Waals surface area contributed by atoms with E-state index < -0.39 is 17.4 Å². The Morgan fingerprint density at radius 1 is 1.07 bits per heavy atom. The van der Waals surface area contributed by atoms with Gasteiger partial charge in [-0.05, 0) is 55.8 Å². The van der Waals surface area contributed by atoms with Crippen LogP contribution in [0, 0.1) is 5.92 Å². The van der Waals surface area contributed by atoms with Crippen molar-refractivity contribution >= 4 is 11.9 Å². The maximum atomic E-state index is 11.6. The molecule has 2 fully saturated rings. The van der Waals surface area contributed by atoms with Gasteiger partial charge in [-0.1, -0.05) is 18.9 Å². The molecule has 2 unspecified atom stereocenters. The van der Waals surface area contributed by atoms with Crippen molar-refractivity contribution in [2.24, 2.45) is 17.4 Å². The van der Waals surface area contributed by atoms with Crippen molar-refractivity contribution in [2.75, 3.05) is 26.3 Å². The van der Waals surface area contributed by atoms with Crippen molar-refractivity contribution in [3.63, 3.8) is 0 Å². The number of hydrogen-bond donors (Lipinski definition) is 4. The average molecular weight is 378 g/mol. The van der Waals surface area contributed by atoms with Gasteiger partial charge in [-0.3, -0.25) is 0 Å². The molecule has 150 valence electrons. The maximum Gasteiger partial charge on any atom is 0.336 e. The summed E-state index contributed by atoms with van der Waals surface area (Å²) >= 11 is 0. The Bertz CT molecular complexity index is 652. The first kappa shape index (κ1) is 21.3. The van der Waals surface area contributed by atoms with Crippen LogP contribution in [0.3, 0.4) is 0 Å². The number of carboxylic acid groups (broad SMARTS) is 2. The third kappa shape index (κ3) is 4.86. The second kappa shape index (κ2) is 9.82. The van der Waals surface area contributed by atoms with E-state index in [1.54, 1.807) is 6.07 Å². The minimum Gasteiger partial charge on any atom is -0.478 e. The number of ether oxygens (including phenoxy) is 1. The molecule has 3 rings (SSSR count). The Balaban J connectivity index is 0.000000451. The van der Waals surface area contributed by atoms with Crippen LogP contribution in [0.25, 0.3) is 0 Å². The summed E-state index contributed by atoms with van der Waals surface area (Å²) in [5, 5.41) is 18.6. The van der Waals surface area contributed by atoms with Crippen LogP contribution < -0.4 is 11.5 Å². The fraction of sp³-hybridized carbons (Fsp3) is 0.600.